The topological polar surface area (TPSA) is 55.5 Å². The number of rotatable bonds is 10. The Bertz CT molecular complexity index is 1030. The van der Waals surface area contributed by atoms with Gasteiger partial charge in [0, 0.05) is 12.3 Å². The summed E-state index contributed by atoms with van der Waals surface area (Å²) in [6, 6.07) is 15.9. The van der Waals surface area contributed by atoms with E-state index >= 15 is 0 Å². The van der Waals surface area contributed by atoms with Crippen LogP contribution in [0.2, 0.25) is 0 Å². The van der Waals surface area contributed by atoms with Crippen molar-refractivity contribution in [2.24, 2.45) is 5.92 Å². The van der Waals surface area contributed by atoms with Gasteiger partial charge in [-0.2, -0.15) is 0 Å². The Kier molecular flexibility index (Phi) is 7.69. The first-order valence-electron chi connectivity index (χ1n) is 12.3. The average molecular weight is 468 g/mol. The molecule has 1 atom stereocenters. The first-order chi connectivity index (χ1) is 16.4. The van der Waals surface area contributed by atoms with Crippen molar-refractivity contribution >= 4 is 0 Å². The third-order valence-electron chi connectivity index (χ3n) is 6.86. The van der Waals surface area contributed by atoms with Crippen LogP contribution in [0.3, 0.4) is 0 Å². The van der Waals surface area contributed by atoms with Crippen molar-refractivity contribution in [2.75, 3.05) is 27.2 Å². The van der Waals surface area contributed by atoms with Gasteiger partial charge in [-0.05, 0) is 42.7 Å². The number of hydrogen-bond donors (Lipinski definition) is 1. The summed E-state index contributed by atoms with van der Waals surface area (Å²) in [6.45, 7) is 2.10. The monoisotopic (exact) mass is 467 g/mol. The van der Waals surface area contributed by atoms with Gasteiger partial charge in [-0.15, -0.1) is 0 Å². The first kappa shape index (κ1) is 24.4. The number of aliphatic hydroxyl groups is 1. The van der Waals surface area contributed by atoms with Crippen molar-refractivity contribution < 1.29 is 23.1 Å². The normalized spacial score (nSPS) is 16.8. The molecule has 1 aliphatic carbocycles. The van der Waals surface area contributed by atoms with Crippen molar-refractivity contribution in [1.29, 1.82) is 0 Å². The van der Waals surface area contributed by atoms with Gasteiger partial charge in [0.2, 0.25) is 5.89 Å². The van der Waals surface area contributed by atoms with Crippen molar-refractivity contribution in [2.45, 2.75) is 50.7 Å². The van der Waals surface area contributed by atoms with E-state index in [1.54, 1.807) is 18.3 Å². The number of benzene rings is 2. The van der Waals surface area contributed by atoms with E-state index in [1.165, 1.54) is 18.6 Å². The van der Waals surface area contributed by atoms with Crippen LogP contribution in [0.5, 0.6) is 5.75 Å². The lowest BCUT2D eigenvalue weighted by Crippen LogP contribution is -2.40. The summed E-state index contributed by atoms with van der Waals surface area (Å²) in [5.74, 6) is 1.68. The van der Waals surface area contributed by atoms with Crippen LogP contribution >= 0.6 is 0 Å². The van der Waals surface area contributed by atoms with Crippen LogP contribution in [-0.2, 0) is 12.1 Å². The van der Waals surface area contributed by atoms with Crippen molar-refractivity contribution in [1.82, 2.24) is 4.98 Å². The SMILES string of the molecule is C[N+](C)(CCCOc1ccc(F)cc1)Cc1cnc([C@](O)(c2ccccc2)C2CCCCC2)o1. The summed E-state index contributed by atoms with van der Waals surface area (Å²) < 4.78 is 25.7. The molecule has 0 aliphatic heterocycles. The summed E-state index contributed by atoms with van der Waals surface area (Å²) in [6.07, 6.45) is 8.02. The second kappa shape index (κ2) is 10.7. The Hall–Kier alpha value is -2.70. The molecule has 182 valence electrons. The summed E-state index contributed by atoms with van der Waals surface area (Å²) >= 11 is 0. The summed E-state index contributed by atoms with van der Waals surface area (Å²) in [5.41, 5.74) is -0.359. The molecule has 1 heterocycles. The lowest BCUT2D eigenvalue weighted by atomic mass is 9.73. The predicted octanol–water partition coefficient (Wildman–Crippen LogP) is 5.68. The summed E-state index contributed by atoms with van der Waals surface area (Å²) in [5, 5.41) is 12.0. The molecular formula is C28H36FN2O3+. The molecule has 1 N–H and O–H groups in total. The molecule has 1 fully saturated rings. The van der Waals surface area contributed by atoms with Gasteiger partial charge in [0.15, 0.2) is 11.4 Å². The highest BCUT2D eigenvalue weighted by Gasteiger charge is 2.44. The van der Waals surface area contributed by atoms with E-state index in [0.717, 1.165) is 50.0 Å². The number of oxazole rings is 1. The lowest BCUT2D eigenvalue weighted by molar-refractivity contribution is -0.904. The zero-order valence-electron chi connectivity index (χ0n) is 20.3. The minimum Gasteiger partial charge on any atom is -0.493 e. The van der Waals surface area contributed by atoms with Gasteiger partial charge in [0.25, 0.3) is 0 Å². The number of halogens is 1. The third-order valence-corrected chi connectivity index (χ3v) is 6.86. The first-order valence-corrected chi connectivity index (χ1v) is 12.3. The Morgan fingerprint density at radius 1 is 1.06 bits per heavy atom. The van der Waals surface area contributed by atoms with Gasteiger partial charge < -0.3 is 18.7 Å². The van der Waals surface area contributed by atoms with Gasteiger partial charge in [0.05, 0.1) is 33.4 Å². The molecule has 3 aromatic rings. The van der Waals surface area contributed by atoms with Crippen molar-refractivity contribution in [3.05, 3.63) is 83.8 Å². The summed E-state index contributed by atoms with van der Waals surface area (Å²) in [7, 11) is 4.29. The molecule has 1 aromatic heterocycles. The fraction of sp³-hybridized carbons (Fsp3) is 0.464. The fourth-order valence-corrected chi connectivity index (χ4v) is 5.02. The lowest BCUT2D eigenvalue weighted by Gasteiger charge is -2.36. The molecule has 0 spiro atoms. The van der Waals surface area contributed by atoms with Crippen LogP contribution in [0.25, 0.3) is 0 Å². The number of aromatic nitrogens is 1. The van der Waals surface area contributed by atoms with Gasteiger partial charge in [0.1, 0.15) is 18.1 Å². The molecule has 0 radical (unpaired) electrons. The fourth-order valence-electron chi connectivity index (χ4n) is 5.02. The number of quaternary nitrogens is 1. The smallest absolute Gasteiger partial charge is 0.231 e. The largest absolute Gasteiger partial charge is 0.493 e. The molecule has 0 amide bonds. The molecule has 0 saturated heterocycles. The maximum absolute atomic E-state index is 13.0. The molecule has 2 aromatic carbocycles. The van der Waals surface area contributed by atoms with Crippen molar-refractivity contribution in [3.63, 3.8) is 0 Å². The van der Waals surface area contributed by atoms with E-state index in [4.69, 9.17) is 9.15 Å². The standard InChI is InChI=1S/C28H36FN2O3/c1-31(2,18-9-19-33-25-16-14-24(29)15-17-25)21-26-20-30-27(34-26)28(32,22-10-5-3-6-11-22)23-12-7-4-8-13-23/h3,5-6,10-11,14-17,20,23,32H,4,7-9,12-13,18-19,21H2,1-2H3/q+1/t28-/m0/s1. The highest BCUT2D eigenvalue weighted by atomic mass is 19.1. The zero-order chi connectivity index (χ0) is 24.0. The molecule has 0 unspecified atom stereocenters. The van der Waals surface area contributed by atoms with Gasteiger partial charge in [-0.1, -0.05) is 49.6 Å². The summed E-state index contributed by atoms with van der Waals surface area (Å²) in [4.78, 5) is 4.59. The Balaban J connectivity index is 1.40. The predicted molar refractivity (Wildman–Crippen MR) is 130 cm³/mol. The molecule has 6 heteroatoms. The Morgan fingerprint density at radius 2 is 1.76 bits per heavy atom. The van der Waals surface area contributed by atoms with Crippen LogP contribution < -0.4 is 4.74 Å². The van der Waals surface area contributed by atoms with E-state index in [-0.39, 0.29) is 11.7 Å². The Morgan fingerprint density at radius 3 is 2.47 bits per heavy atom. The van der Waals surface area contributed by atoms with E-state index in [1.807, 2.05) is 30.3 Å². The van der Waals surface area contributed by atoms with Crippen LogP contribution in [0.4, 0.5) is 4.39 Å². The molecule has 1 aliphatic rings. The maximum Gasteiger partial charge on any atom is 0.231 e. The van der Waals surface area contributed by atoms with Crippen molar-refractivity contribution in [3.8, 4) is 5.75 Å². The Labute approximate surface area is 201 Å². The van der Waals surface area contributed by atoms with E-state index in [9.17, 15) is 9.50 Å². The minimum absolute atomic E-state index is 0.0984. The quantitative estimate of drug-likeness (QED) is 0.308. The molecule has 0 bridgehead atoms. The second-order valence-electron chi connectivity index (χ2n) is 10.1. The number of ether oxygens (including phenoxy) is 1. The van der Waals surface area contributed by atoms with Crippen LogP contribution in [0, 0.1) is 11.7 Å². The van der Waals surface area contributed by atoms with Crippen LogP contribution in [0.15, 0.2) is 65.2 Å². The van der Waals surface area contributed by atoms with Crippen LogP contribution in [-0.4, -0.2) is 41.8 Å². The van der Waals surface area contributed by atoms with E-state index in [0.29, 0.717) is 29.3 Å². The average Bonchev–Trinajstić information content (AvgIpc) is 3.32. The molecule has 5 nitrogen and oxygen atoms in total. The van der Waals surface area contributed by atoms with Gasteiger partial charge in [-0.3, -0.25) is 0 Å². The second-order valence-corrected chi connectivity index (χ2v) is 10.1. The highest BCUT2D eigenvalue weighted by Crippen LogP contribution is 2.43. The molecule has 4 rings (SSSR count). The zero-order valence-corrected chi connectivity index (χ0v) is 20.3. The third kappa shape index (κ3) is 5.86. The van der Waals surface area contributed by atoms with E-state index in [2.05, 4.69) is 19.1 Å². The van der Waals surface area contributed by atoms with Crippen LogP contribution in [0.1, 0.15) is 55.7 Å². The minimum atomic E-state index is -1.21. The maximum atomic E-state index is 13.0. The van der Waals surface area contributed by atoms with Gasteiger partial charge >= 0.3 is 0 Å². The molecule has 34 heavy (non-hydrogen) atoms. The van der Waals surface area contributed by atoms with E-state index < -0.39 is 5.60 Å². The molecule has 1 saturated carbocycles. The number of hydrogen-bond acceptors (Lipinski definition) is 4. The van der Waals surface area contributed by atoms with Gasteiger partial charge in [-0.25, -0.2) is 9.37 Å². The number of nitrogens with zero attached hydrogens (tertiary/aromatic N) is 2. The molecular weight excluding hydrogens is 431 g/mol. The highest BCUT2D eigenvalue weighted by molar-refractivity contribution is 5.30.